The van der Waals surface area contributed by atoms with Crippen molar-refractivity contribution in [3.8, 4) is 0 Å². The molecule has 0 saturated carbocycles. The van der Waals surface area contributed by atoms with Crippen molar-refractivity contribution in [3.63, 3.8) is 0 Å². The summed E-state index contributed by atoms with van der Waals surface area (Å²) in [5.74, 6) is 0. The van der Waals surface area contributed by atoms with Gasteiger partial charge in [-0.05, 0) is 47.1 Å². The van der Waals surface area contributed by atoms with Crippen LogP contribution in [-0.2, 0) is 19.6 Å². The smallest absolute Gasteiger partial charge is 0.120 e. The lowest BCUT2D eigenvalue weighted by molar-refractivity contribution is -0.387. The molecule has 120 valence electrons. The van der Waals surface area contributed by atoms with Crippen molar-refractivity contribution in [2.24, 2.45) is 0 Å². The van der Waals surface area contributed by atoms with Crippen molar-refractivity contribution in [3.05, 3.63) is 35.9 Å². The molecule has 0 aliphatic carbocycles. The summed E-state index contributed by atoms with van der Waals surface area (Å²) in [6.07, 6.45) is 0.463. The number of rotatable bonds is 7. The molecule has 0 aromatic heterocycles. The minimum Gasteiger partial charge on any atom is -0.236 e. The van der Waals surface area contributed by atoms with Crippen LogP contribution in [0, 0.1) is 0 Å². The Kier molecular flexibility index (Phi) is 6.81. The Bertz CT molecular complexity index is 389. The largest absolute Gasteiger partial charge is 0.236 e. The molecule has 0 amide bonds. The predicted octanol–water partition coefficient (Wildman–Crippen LogP) is 4.61. The van der Waals surface area contributed by atoms with Crippen molar-refractivity contribution >= 4 is 0 Å². The maximum atomic E-state index is 5.59. The number of hydrogen-bond acceptors (Lipinski definition) is 4. The first-order valence-electron chi connectivity index (χ1n) is 7.37. The molecule has 0 aliphatic heterocycles. The van der Waals surface area contributed by atoms with Gasteiger partial charge in [-0.2, -0.15) is 0 Å². The average molecular weight is 296 g/mol. The zero-order chi connectivity index (χ0) is 15.9. The van der Waals surface area contributed by atoms with Crippen molar-refractivity contribution in [1.29, 1.82) is 0 Å². The molecule has 0 spiro atoms. The highest BCUT2D eigenvalue weighted by Crippen LogP contribution is 2.24. The van der Waals surface area contributed by atoms with Crippen LogP contribution in [0.25, 0.3) is 0 Å². The lowest BCUT2D eigenvalue weighted by Gasteiger charge is -2.24. The van der Waals surface area contributed by atoms with Crippen molar-refractivity contribution in [2.45, 2.75) is 65.3 Å². The molecule has 4 heteroatoms. The minimum absolute atomic E-state index is 0.186. The molecule has 0 bridgehead atoms. The summed E-state index contributed by atoms with van der Waals surface area (Å²) >= 11 is 0. The van der Waals surface area contributed by atoms with Gasteiger partial charge >= 0.3 is 0 Å². The van der Waals surface area contributed by atoms with E-state index in [1.54, 1.807) is 0 Å². The first-order valence-corrected chi connectivity index (χ1v) is 7.37. The van der Waals surface area contributed by atoms with E-state index in [1.165, 1.54) is 0 Å². The highest BCUT2D eigenvalue weighted by Gasteiger charge is 2.19. The van der Waals surface area contributed by atoms with Crippen molar-refractivity contribution in [1.82, 2.24) is 0 Å². The third kappa shape index (κ3) is 8.83. The Hall–Kier alpha value is -0.940. The zero-order valence-electron chi connectivity index (χ0n) is 14.0. The van der Waals surface area contributed by atoms with E-state index in [-0.39, 0.29) is 17.3 Å². The van der Waals surface area contributed by atoms with Crippen LogP contribution in [0.5, 0.6) is 0 Å². The Morgan fingerprint density at radius 3 is 1.95 bits per heavy atom. The predicted molar refractivity (Wildman–Crippen MR) is 82.5 cm³/mol. The summed E-state index contributed by atoms with van der Waals surface area (Å²) in [5.41, 5.74) is 0.391. The Morgan fingerprint density at radius 2 is 1.43 bits per heavy atom. The van der Waals surface area contributed by atoms with E-state index in [4.69, 9.17) is 19.6 Å². The fourth-order valence-corrected chi connectivity index (χ4v) is 1.51. The van der Waals surface area contributed by atoms with Crippen LogP contribution in [0.1, 0.15) is 59.6 Å². The molecular weight excluding hydrogens is 268 g/mol. The van der Waals surface area contributed by atoms with E-state index < -0.39 is 0 Å². The first kappa shape index (κ1) is 18.1. The summed E-state index contributed by atoms with van der Waals surface area (Å²) in [7, 11) is 0. The maximum Gasteiger partial charge on any atom is 0.120 e. The van der Waals surface area contributed by atoms with Crippen LogP contribution in [-0.4, -0.2) is 17.8 Å². The third-order valence-electron chi connectivity index (χ3n) is 2.36. The van der Waals surface area contributed by atoms with E-state index >= 15 is 0 Å². The monoisotopic (exact) mass is 296 g/mol. The standard InChI is InChI=1S/C17H28O4/c1-16(2,3)20-18-13-12-15(19-21-17(4,5)6)14-10-8-7-9-11-14/h7-11,15H,12-13H2,1-6H3. The van der Waals surface area contributed by atoms with Gasteiger partial charge in [0, 0.05) is 6.42 Å². The molecule has 0 N–H and O–H groups in total. The maximum absolute atomic E-state index is 5.59. The minimum atomic E-state index is -0.351. The van der Waals surface area contributed by atoms with E-state index in [9.17, 15) is 0 Å². The van der Waals surface area contributed by atoms with Gasteiger partial charge in [0.2, 0.25) is 0 Å². The summed E-state index contributed by atoms with van der Waals surface area (Å²) in [6, 6.07) is 9.97. The lowest BCUT2D eigenvalue weighted by Crippen LogP contribution is -2.23. The molecular formula is C17H28O4. The van der Waals surface area contributed by atoms with Crippen LogP contribution >= 0.6 is 0 Å². The van der Waals surface area contributed by atoms with Crippen LogP contribution in [0.4, 0.5) is 0 Å². The molecule has 1 unspecified atom stereocenters. The molecule has 1 atom stereocenters. The average Bonchev–Trinajstić information content (AvgIpc) is 2.36. The summed E-state index contributed by atoms with van der Waals surface area (Å²) in [4.78, 5) is 21.5. The van der Waals surface area contributed by atoms with Gasteiger partial charge in [0.05, 0.1) is 17.8 Å². The van der Waals surface area contributed by atoms with Gasteiger partial charge in [-0.25, -0.2) is 19.6 Å². The van der Waals surface area contributed by atoms with Gasteiger partial charge < -0.3 is 0 Å². The van der Waals surface area contributed by atoms with Crippen LogP contribution in [0.3, 0.4) is 0 Å². The molecule has 1 aromatic rings. The van der Waals surface area contributed by atoms with E-state index in [1.807, 2.05) is 71.9 Å². The SMILES string of the molecule is CC(C)(C)OOCCC(OOC(C)(C)C)c1ccccc1. The zero-order valence-corrected chi connectivity index (χ0v) is 14.0. The second-order valence-electron chi connectivity index (χ2n) is 7.00. The Balaban J connectivity index is 2.53. The van der Waals surface area contributed by atoms with Crippen LogP contribution < -0.4 is 0 Å². The van der Waals surface area contributed by atoms with Gasteiger partial charge in [-0.15, -0.1) is 0 Å². The molecule has 0 aliphatic rings. The summed E-state index contributed by atoms with van der Waals surface area (Å²) < 4.78 is 0. The van der Waals surface area contributed by atoms with Crippen molar-refractivity contribution in [2.75, 3.05) is 6.61 Å². The van der Waals surface area contributed by atoms with Crippen molar-refractivity contribution < 1.29 is 19.6 Å². The highest BCUT2D eigenvalue weighted by molar-refractivity contribution is 5.17. The quantitative estimate of drug-likeness (QED) is 0.418. The fraction of sp³-hybridized carbons (Fsp3) is 0.647. The Morgan fingerprint density at radius 1 is 0.857 bits per heavy atom. The van der Waals surface area contributed by atoms with E-state index in [0.717, 1.165) is 5.56 Å². The second kappa shape index (κ2) is 7.90. The molecule has 4 nitrogen and oxygen atoms in total. The van der Waals surface area contributed by atoms with Gasteiger partial charge in [0.15, 0.2) is 0 Å². The topological polar surface area (TPSA) is 36.9 Å². The molecule has 1 aromatic carbocycles. The molecule has 0 fully saturated rings. The molecule has 0 radical (unpaired) electrons. The van der Waals surface area contributed by atoms with E-state index in [0.29, 0.717) is 13.0 Å². The molecule has 0 saturated heterocycles. The molecule has 1 rings (SSSR count). The molecule has 21 heavy (non-hydrogen) atoms. The van der Waals surface area contributed by atoms with Gasteiger partial charge in [-0.1, -0.05) is 30.3 Å². The van der Waals surface area contributed by atoms with Gasteiger partial charge in [0.25, 0.3) is 0 Å². The highest BCUT2D eigenvalue weighted by atomic mass is 17.2. The third-order valence-corrected chi connectivity index (χ3v) is 2.36. The normalized spacial score (nSPS) is 14.2. The summed E-state index contributed by atoms with van der Waals surface area (Å²) in [6.45, 7) is 12.1. The molecule has 0 heterocycles. The van der Waals surface area contributed by atoms with Crippen LogP contribution in [0.2, 0.25) is 0 Å². The number of hydrogen-bond donors (Lipinski definition) is 0. The second-order valence-corrected chi connectivity index (χ2v) is 7.00. The lowest BCUT2D eigenvalue weighted by atomic mass is 10.1. The van der Waals surface area contributed by atoms with Crippen LogP contribution in [0.15, 0.2) is 30.3 Å². The summed E-state index contributed by atoms with van der Waals surface area (Å²) in [5, 5.41) is 0. The number of benzene rings is 1. The fourth-order valence-electron chi connectivity index (χ4n) is 1.51. The first-order chi connectivity index (χ1) is 9.67. The van der Waals surface area contributed by atoms with Gasteiger partial charge in [-0.3, -0.25) is 0 Å². The van der Waals surface area contributed by atoms with Gasteiger partial charge in [0.1, 0.15) is 6.10 Å². The Labute approximate surface area is 128 Å². The van der Waals surface area contributed by atoms with E-state index in [2.05, 4.69) is 0 Å².